The highest BCUT2D eigenvalue weighted by Gasteiger charge is 2.17. The summed E-state index contributed by atoms with van der Waals surface area (Å²) in [5.74, 6) is 0. The average molecular weight is 236 g/mol. The van der Waals surface area contributed by atoms with Crippen LogP contribution in [0.3, 0.4) is 0 Å². The van der Waals surface area contributed by atoms with Gasteiger partial charge < -0.3 is 10.2 Å². The molecule has 17 heavy (non-hydrogen) atoms. The van der Waals surface area contributed by atoms with E-state index < -0.39 is 0 Å². The monoisotopic (exact) mass is 236 g/mol. The number of aryl methyl sites for hydroxylation is 1. The second kappa shape index (κ2) is 6.17. The molecule has 0 aromatic carbocycles. The Morgan fingerprint density at radius 1 is 1.53 bits per heavy atom. The van der Waals surface area contributed by atoms with Gasteiger partial charge in [-0.2, -0.15) is 5.10 Å². The first kappa shape index (κ1) is 12.6. The van der Waals surface area contributed by atoms with Crippen LogP contribution in [0, 0.1) is 0 Å². The third kappa shape index (κ3) is 3.82. The smallest absolute Gasteiger partial charge is 0.0522 e. The van der Waals surface area contributed by atoms with Gasteiger partial charge in [-0.3, -0.25) is 4.68 Å². The zero-order valence-electron chi connectivity index (χ0n) is 11.0. The van der Waals surface area contributed by atoms with Crippen molar-refractivity contribution < 1.29 is 0 Å². The second-order valence-electron chi connectivity index (χ2n) is 5.01. The van der Waals surface area contributed by atoms with Crippen molar-refractivity contribution in [2.24, 2.45) is 7.05 Å². The quantitative estimate of drug-likeness (QED) is 0.829. The van der Waals surface area contributed by atoms with E-state index in [1.807, 2.05) is 17.9 Å². The Kier molecular flexibility index (Phi) is 4.57. The number of rotatable bonds is 5. The lowest BCUT2D eigenvalue weighted by Gasteiger charge is -2.33. The number of hydrogen-bond donors (Lipinski definition) is 1. The molecule has 1 atom stereocenters. The van der Waals surface area contributed by atoms with Crippen molar-refractivity contribution in [1.82, 2.24) is 20.0 Å². The molecule has 4 heteroatoms. The molecular weight excluding hydrogens is 212 g/mol. The highest BCUT2D eigenvalue weighted by Crippen LogP contribution is 2.06. The molecule has 4 nitrogen and oxygen atoms in total. The van der Waals surface area contributed by atoms with Gasteiger partial charge in [0.25, 0.3) is 0 Å². The van der Waals surface area contributed by atoms with E-state index in [4.69, 9.17) is 0 Å². The molecule has 0 saturated carbocycles. The van der Waals surface area contributed by atoms with Crippen molar-refractivity contribution in [3.63, 3.8) is 0 Å². The minimum absolute atomic E-state index is 0.697. The Morgan fingerprint density at radius 2 is 2.41 bits per heavy atom. The molecule has 1 aromatic heterocycles. The Bertz CT molecular complexity index is 332. The van der Waals surface area contributed by atoms with Gasteiger partial charge in [0, 0.05) is 45.5 Å². The highest BCUT2D eigenvalue weighted by molar-refractivity contribution is 5.04. The Balaban J connectivity index is 1.75. The van der Waals surface area contributed by atoms with Gasteiger partial charge in [-0.25, -0.2) is 0 Å². The molecule has 1 aliphatic rings. The van der Waals surface area contributed by atoms with Crippen LogP contribution < -0.4 is 5.32 Å². The molecule has 96 valence electrons. The summed E-state index contributed by atoms with van der Waals surface area (Å²) in [6.07, 6.45) is 7.78. The number of nitrogens with one attached hydrogen (secondary N) is 1. The van der Waals surface area contributed by atoms with E-state index in [1.165, 1.54) is 31.5 Å². The molecule has 1 saturated heterocycles. The third-order valence-corrected chi connectivity index (χ3v) is 3.45. The molecule has 0 spiro atoms. The van der Waals surface area contributed by atoms with Crippen LogP contribution in [-0.2, 0) is 13.5 Å². The van der Waals surface area contributed by atoms with Crippen molar-refractivity contribution in [2.75, 3.05) is 26.2 Å². The van der Waals surface area contributed by atoms with Crippen LogP contribution >= 0.6 is 0 Å². The van der Waals surface area contributed by atoms with Crippen molar-refractivity contribution >= 4 is 0 Å². The topological polar surface area (TPSA) is 33.1 Å². The highest BCUT2D eigenvalue weighted by atomic mass is 15.2. The molecule has 0 radical (unpaired) electrons. The molecule has 0 amide bonds. The van der Waals surface area contributed by atoms with Gasteiger partial charge >= 0.3 is 0 Å². The minimum atomic E-state index is 0.697. The van der Waals surface area contributed by atoms with Crippen molar-refractivity contribution in [3.8, 4) is 0 Å². The molecule has 2 rings (SSSR count). The van der Waals surface area contributed by atoms with Crippen molar-refractivity contribution in [1.29, 1.82) is 0 Å². The number of nitrogens with zero attached hydrogens (tertiary/aromatic N) is 3. The molecule has 1 unspecified atom stereocenters. The molecule has 2 heterocycles. The predicted molar refractivity (Wildman–Crippen MR) is 70.1 cm³/mol. The zero-order chi connectivity index (χ0) is 12.1. The number of piperazine rings is 1. The fourth-order valence-corrected chi connectivity index (χ4v) is 2.53. The van der Waals surface area contributed by atoms with Gasteiger partial charge in [0.15, 0.2) is 0 Å². The van der Waals surface area contributed by atoms with Gasteiger partial charge in [-0.15, -0.1) is 0 Å². The summed E-state index contributed by atoms with van der Waals surface area (Å²) in [5, 5.41) is 7.80. The predicted octanol–water partition coefficient (Wildman–Crippen LogP) is 1.04. The first-order valence-corrected chi connectivity index (χ1v) is 6.71. The SMILES string of the molecule is CCCC1CN(CCc2cnn(C)c2)CCN1. The van der Waals surface area contributed by atoms with Crippen LogP contribution in [0.5, 0.6) is 0 Å². The molecular formula is C13H24N4. The Morgan fingerprint density at radius 3 is 3.12 bits per heavy atom. The van der Waals surface area contributed by atoms with Crippen LogP contribution in [0.15, 0.2) is 12.4 Å². The largest absolute Gasteiger partial charge is 0.311 e. The summed E-state index contributed by atoms with van der Waals surface area (Å²) < 4.78 is 1.88. The van der Waals surface area contributed by atoms with Crippen molar-refractivity contribution in [2.45, 2.75) is 32.2 Å². The first-order valence-electron chi connectivity index (χ1n) is 6.71. The van der Waals surface area contributed by atoms with Gasteiger partial charge in [-0.05, 0) is 18.4 Å². The maximum absolute atomic E-state index is 4.21. The summed E-state index contributed by atoms with van der Waals surface area (Å²) in [6.45, 7) is 6.94. The lowest BCUT2D eigenvalue weighted by Crippen LogP contribution is -2.50. The average Bonchev–Trinajstić information content (AvgIpc) is 2.74. The third-order valence-electron chi connectivity index (χ3n) is 3.45. The molecule has 1 N–H and O–H groups in total. The van der Waals surface area contributed by atoms with Gasteiger partial charge in [0.1, 0.15) is 0 Å². The summed E-state index contributed by atoms with van der Waals surface area (Å²) in [7, 11) is 1.98. The first-order chi connectivity index (χ1) is 8.28. The Hall–Kier alpha value is -0.870. The van der Waals surface area contributed by atoms with Crippen LogP contribution in [0.25, 0.3) is 0 Å². The summed E-state index contributed by atoms with van der Waals surface area (Å²) >= 11 is 0. The van der Waals surface area contributed by atoms with E-state index >= 15 is 0 Å². The zero-order valence-corrected chi connectivity index (χ0v) is 11.0. The van der Waals surface area contributed by atoms with E-state index in [0.717, 1.165) is 19.5 Å². The van der Waals surface area contributed by atoms with Crippen molar-refractivity contribution in [3.05, 3.63) is 18.0 Å². The van der Waals surface area contributed by atoms with E-state index in [9.17, 15) is 0 Å². The minimum Gasteiger partial charge on any atom is -0.311 e. The molecule has 1 fully saturated rings. The summed E-state index contributed by atoms with van der Waals surface area (Å²) in [5.41, 5.74) is 1.35. The lowest BCUT2D eigenvalue weighted by molar-refractivity contribution is 0.196. The number of hydrogen-bond acceptors (Lipinski definition) is 3. The second-order valence-corrected chi connectivity index (χ2v) is 5.01. The van der Waals surface area contributed by atoms with Gasteiger partial charge in [0.05, 0.1) is 6.20 Å². The maximum Gasteiger partial charge on any atom is 0.0522 e. The van der Waals surface area contributed by atoms with E-state index in [2.05, 4.69) is 28.4 Å². The van der Waals surface area contributed by atoms with Crippen LogP contribution in [-0.4, -0.2) is 46.9 Å². The van der Waals surface area contributed by atoms with E-state index in [-0.39, 0.29) is 0 Å². The fourth-order valence-electron chi connectivity index (χ4n) is 2.53. The summed E-state index contributed by atoms with van der Waals surface area (Å²) in [4.78, 5) is 2.57. The number of aromatic nitrogens is 2. The van der Waals surface area contributed by atoms with Gasteiger partial charge in [0.2, 0.25) is 0 Å². The molecule has 1 aromatic rings. The van der Waals surface area contributed by atoms with Crippen LogP contribution in [0.1, 0.15) is 25.3 Å². The Labute approximate surface area is 104 Å². The van der Waals surface area contributed by atoms with Crippen LogP contribution in [0.4, 0.5) is 0 Å². The molecule has 0 bridgehead atoms. The van der Waals surface area contributed by atoms with E-state index in [0.29, 0.717) is 6.04 Å². The molecule has 1 aliphatic heterocycles. The maximum atomic E-state index is 4.21. The fraction of sp³-hybridized carbons (Fsp3) is 0.769. The molecule has 0 aliphatic carbocycles. The van der Waals surface area contributed by atoms with E-state index in [1.54, 1.807) is 0 Å². The lowest BCUT2D eigenvalue weighted by atomic mass is 10.1. The summed E-state index contributed by atoms with van der Waals surface area (Å²) in [6, 6.07) is 0.697. The van der Waals surface area contributed by atoms with Crippen LogP contribution in [0.2, 0.25) is 0 Å². The van der Waals surface area contributed by atoms with Gasteiger partial charge in [-0.1, -0.05) is 13.3 Å². The normalized spacial score (nSPS) is 21.9. The standard InChI is InChI=1S/C13H24N4/c1-3-4-13-11-17(8-6-14-13)7-5-12-9-15-16(2)10-12/h9-10,13-14H,3-8,11H2,1-2H3.